The van der Waals surface area contributed by atoms with Crippen molar-refractivity contribution in [3.05, 3.63) is 76.9 Å². The van der Waals surface area contributed by atoms with Crippen molar-refractivity contribution in [1.82, 2.24) is 4.31 Å². The van der Waals surface area contributed by atoms with Crippen LogP contribution in [-0.2, 0) is 14.8 Å². The molecule has 154 valence electrons. The molecule has 1 heterocycles. The molecule has 2 aromatic carbocycles. The summed E-state index contributed by atoms with van der Waals surface area (Å²) in [6.07, 6.45) is 2.07. The quantitative estimate of drug-likeness (QED) is 0.748. The highest BCUT2D eigenvalue weighted by Crippen LogP contribution is 2.42. The van der Waals surface area contributed by atoms with E-state index in [0.717, 1.165) is 11.1 Å². The van der Waals surface area contributed by atoms with Gasteiger partial charge in [-0.2, -0.15) is 4.31 Å². The highest BCUT2D eigenvalue weighted by Gasteiger charge is 2.45. The van der Waals surface area contributed by atoms with E-state index in [1.807, 2.05) is 38.1 Å². The fourth-order valence-corrected chi connectivity index (χ4v) is 5.53. The SMILES string of the molecule is CC[C@H]1C=C(C(=O)O)[C@@H](c2ccc(C(C)C)cc2)N1S(=O)(=O)c1ccc(C)cc1. The number of carboxylic acids is 1. The van der Waals surface area contributed by atoms with Crippen molar-refractivity contribution >= 4 is 16.0 Å². The number of benzene rings is 2. The fourth-order valence-electron chi connectivity index (χ4n) is 3.73. The van der Waals surface area contributed by atoms with E-state index in [1.165, 1.54) is 4.31 Å². The van der Waals surface area contributed by atoms with Gasteiger partial charge < -0.3 is 5.11 Å². The Morgan fingerprint density at radius 1 is 1.07 bits per heavy atom. The van der Waals surface area contributed by atoms with Gasteiger partial charge in [-0.3, -0.25) is 0 Å². The summed E-state index contributed by atoms with van der Waals surface area (Å²) >= 11 is 0. The van der Waals surface area contributed by atoms with Crippen molar-refractivity contribution in [2.75, 3.05) is 0 Å². The minimum Gasteiger partial charge on any atom is -0.478 e. The minimum absolute atomic E-state index is 0.102. The van der Waals surface area contributed by atoms with Crippen LogP contribution in [0.15, 0.2) is 65.1 Å². The normalized spacial score (nSPS) is 20.1. The van der Waals surface area contributed by atoms with E-state index in [4.69, 9.17) is 0 Å². The molecule has 0 bridgehead atoms. The first kappa shape index (κ1) is 21.3. The molecular weight excluding hydrogens is 386 g/mol. The van der Waals surface area contributed by atoms with Gasteiger partial charge in [-0.25, -0.2) is 13.2 Å². The molecule has 6 heteroatoms. The average molecular weight is 414 g/mol. The minimum atomic E-state index is -3.89. The lowest BCUT2D eigenvalue weighted by atomic mass is 9.96. The van der Waals surface area contributed by atoms with Gasteiger partial charge in [0.25, 0.3) is 0 Å². The number of rotatable bonds is 6. The molecule has 0 saturated carbocycles. The number of hydrogen-bond donors (Lipinski definition) is 1. The summed E-state index contributed by atoms with van der Waals surface area (Å²) in [4.78, 5) is 12.2. The summed E-state index contributed by atoms with van der Waals surface area (Å²) < 4.78 is 28.4. The molecule has 2 aromatic rings. The summed E-state index contributed by atoms with van der Waals surface area (Å²) in [5.74, 6) is -0.763. The molecule has 0 aliphatic carbocycles. The third kappa shape index (κ3) is 4.00. The van der Waals surface area contributed by atoms with Gasteiger partial charge in [0.1, 0.15) is 0 Å². The first-order chi connectivity index (χ1) is 13.7. The summed E-state index contributed by atoms with van der Waals surface area (Å²) in [6.45, 7) is 7.91. The van der Waals surface area contributed by atoms with Crippen molar-refractivity contribution < 1.29 is 18.3 Å². The second-order valence-corrected chi connectivity index (χ2v) is 9.62. The molecular formula is C23H27NO4S. The van der Waals surface area contributed by atoms with Crippen molar-refractivity contribution in [3.8, 4) is 0 Å². The molecule has 1 aliphatic rings. The zero-order valence-corrected chi connectivity index (χ0v) is 18.0. The second kappa shape index (κ2) is 8.13. The molecule has 3 rings (SSSR count). The predicted octanol–water partition coefficient (Wildman–Crippen LogP) is 4.65. The Kier molecular flexibility index (Phi) is 5.96. The standard InChI is InChI=1S/C23H27NO4S/c1-5-19-14-21(23(25)26)22(18-10-8-17(9-11-18)15(2)3)24(19)29(27,28)20-12-6-16(4)7-13-20/h6-15,19,22H,5H2,1-4H3,(H,25,26)/t19-,22+/m0/s1. The van der Waals surface area contributed by atoms with Crippen LogP contribution < -0.4 is 0 Å². The third-order valence-corrected chi connectivity index (χ3v) is 7.33. The number of carbonyl (C=O) groups is 1. The summed E-state index contributed by atoms with van der Waals surface area (Å²) in [5.41, 5.74) is 2.84. The molecule has 1 N–H and O–H groups in total. The second-order valence-electron chi connectivity index (χ2n) is 7.77. The zero-order valence-electron chi connectivity index (χ0n) is 17.2. The van der Waals surface area contributed by atoms with Gasteiger partial charge in [0.2, 0.25) is 10.0 Å². The summed E-state index contributed by atoms with van der Waals surface area (Å²) in [5, 5.41) is 9.80. The molecule has 29 heavy (non-hydrogen) atoms. The van der Waals surface area contributed by atoms with Gasteiger partial charge in [-0.15, -0.1) is 0 Å². The van der Waals surface area contributed by atoms with Gasteiger partial charge >= 0.3 is 5.97 Å². The number of sulfonamides is 1. The molecule has 0 saturated heterocycles. The van der Waals surface area contributed by atoms with Crippen LogP contribution in [-0.4, -0.2) is 29.8 Å². The van der Waals surface area contributed by atoms with Crippen molar-refractivity contribution in [2.24, 2.45) is 0 Å². The van der Waals surface area contributed by atoms with Crippen LogP contribution in [0.2, 0.25) is 0 Å². The van der Waals surface area contributed by atoms with Crippen LogP contribution in [0.1, 0.15) is 55.8 Å². The number of aryl methyl sites for hydroxylation is 1. The first-order valence-corrected chi connectivity index (χ1v) is 11.3. The Hall–Kier alpha value is -2.44. The molecule has 0 spiro atoms. The predicted molar refractivity (Wildman–Crippen MR) is 113 cm³/mol. The van der Waals surface area contributed by atoms with Crippen LogP contribution in [0, 0.1) is 6.92 Å². The number of aliphatic carboxylic acids is 1. The first-order valence-electron chi connectivity index (χ1n) is 9.81. The third-order valence-electron chi connectivity index (χ3n) is 5.43. The van der Waals surface area contributed by atoms with Gasteiger partial charge in [-0.05, 0) is 42.5 Å². The highest BCUT2D eigenvalue weighted by molar-refractivity contribution is 7.89. The average Bonchev–Trinajstić information content (AvgIpc) is 3.09. The highest BCUT2D eigenvalue weighted by atomic mass is 32.2. The Balaban J connectivity index is 2.13. The van der Waals surface area contributed by atoms with Crippen molar-refractivity contribution in [1.29, 1.82) is 0 Å². The van der Waals surface area contributed by atoms with Crippen molar-refractivity contribution in [2.45, 2.75) is 57.0 Å². The number of carboxylic acid groups (broad SMARTS) is 1. The summed E-state index contributed by atoms with van der Waals surface area (Å²) in [7, 11) is -3.89. The van der Waals surface area contributed by atoms with E-state index < -0.39 is 28.1 Å². The molecule has 5 nitrogen and oxygen atoms in total. The molecule has 0 unspecified atom stereocenters. The fraction of sp³-hybridized carbons (Fsp3) is 0.348. The van der Waals surface area contributed by atoms with Crippen LogP contribution in [0.5, 0.6) is 0 Å². The topological polar surface area (TPSA) is 74.7 Å². The summed E-state index contributed by atoms with van der Waals surface area (Å²) in [6, 6.07) is 12.9. The molecule has 0 amide bonds. The van der Waals surface area contributed by atoms with Crippen LogP contribution >= 0.6 is 0 Å². The van der Waals surface area contributed by atoms with E-state index in [1.54, 1.807) is 30.3 Å². The van der Waals surface area contributed by atoms with Crippen LogP contribution in [0.4, 0.5) is 0 Å². The van der Waals surface area contributed by atoms with E-state index >= 15 is 0 Å². The maximum Gasteiger partial charge on any atom is 0.333 e. The maximum atomic E-state index is 13.5. The lowest BCUT2D eigenvalue weighted by Gasteiger charge is -2.30. The van der Waals surface area contributed by atoms with Gasteiger partial charge in [-0.1, -0.05) is 68.8 Å². The van der Waals surface area contributed by atoms with Gasteiger partial charge in [0.05, 0.1) is 16.5 Å². The molecule has 0 aromatic heterocycles. The Morgan fingerprint density at radius 3 is 2.14 bits per heavy atom. The molecule has 0 fully saturated rings. The van der Waals surface area contributed by atoms with Crippen LogP contribution in [0.25, 0.3) is 0 Å². The molecule has 1 aliphatic heterocycles. The molecule has 2 atom stereocenters. The zero-order chi connectivity index (χ0) is 21.3. The number of hydrogen-bond acceptors (Lipinski definition) is 3. The maximum absolute atomic E-state index is 13.5. The number of nitrogens with zero attached hydrogens (tertiary/aromatic N) is 1. The monoisotopic (exact) mass is 413 g/mol. The lowest BCUT2D eigenvalue weighted by Crippen LogP contribution is -2.38. The van der Waals surface area contributed by atoms with Gasteiger partial charge in [0, 0.05) is 6.04 Å². The van der Waals surface area contributed by atoms with E-state index in [-0.39, 0.29) is 10.5 Å². The van der Waals surface area contributed by atoms with Crippen molar-refractivity contribution in [3.63, 3.8) is 0 Å². The van der Waals surface area contributed by atoms with E-state index in [2.05, 4.69) is 13.8 Å². The Morgan fingerprint density at radius 2 is 1.66 bits per heavy atom. The van der Waals surface area contributed by atoms with E-state index in [9.17, 15) is 18.3 Å². The Bertz CT molecular complexity index is 1020. The lowest BCUT2D eigenvalue weighted by molar-refractivity contribution is -0.133. The largest absolute Gasteiger partial charge is 0.478 e. The molecule has 0 radical (unpaired) electrons. The van der Waals surface area contributed by atoms with Gasteiger partial charge in [0.15, 0.2) is 0 Å². The van der Waals surface area contributed by atoms with Crippen LogP contribution in [0.3, 0.4) is 0 Å². The van der Waals surface area contributed by atoms with E-state index in [0.29, 0.717) is 17.9 Å². The smallest absolute Gasteiger partial charge is 0.333 e. The Labute approximate surface area is 172 Å².